The quantitative estimate of drug-likeness (QED) is 0.129. The first kappa shape index (κ1) is 45.5. The van der Waals surface area contributed by atoms with E-state index in [9.17, 15) is 0 Å². The van der Waals surface area contributed by atoms with E-state index in [1.54, 1.807) is 0 Å². The molecular formula is C76H51N. The maximum atomic E-state index is 2.45. The Morgan fingerprint density at radius 1 is 0.169 bits per heavy atom. The second-order valence-electron chi connectivity index (χ2n) is 20.0. The van der Waals surface area contributed by atoms with E-state index >= 15 is 0 Å². The van der Waals surface area contributed by atoms with Gasteiger partial charge in [-0.25, -0.2) is 0 Å². The average Bonchev–Trinajstić information content (AvgIpc) is 3.84. The monoisotopic (exact) mass is 977 g/mol. The van der Waals surface area contributed by atoms with Gasteiger partial charge in [0.1, 0.15) is 0 Å². The molecule has 14 rings (SSSR count). The van der Waals surface area contributed by atoms with Crippen LogP contribution in [0.5, 0.6) is 0 Å². The lowest BCUT2D eigenvalue weighted by Gasteiger charge is -2.14. The van der Waals surface area contributed by atoms with Gasteiger partial charge in [0.2, 0.25) is 0 Å². The molecule has 0 radical (unpaired) electrons. The van der Waals surface area contributed by atoms with Crippen molar-refractivity contribution >= 4 is 32.6 Å². The molecule has 1 heteroatoms. The lowest BCUT2D eigenvalue weighted by atomic mass is 9.89. The Hall–Kier alpha value is -10.1. The summed E-state index contributed by atoms with van der Waals surface area (Å²) in [6.45, 7) is 0. The van der Waals surface area contributed by atoms with Crippen molar-refractivity contribution in [2.75, 3.05) is 0 Å². The zero-order chi connectivity index (χ0) is 51.1. The number of hydrogen-bond donors (Lipinski definition) is 0. The number of fused-ring (bicyclic) bond motifs is 4. The fourth-order valence-electron chi connectivity index (χ4n) is 11.5. The normalized spacial score (nSPS) is 11.4. The Morgan fingerprint density at radius 3 is 0.974 bits per heavy atom. The lowest BCUT2D eigenvalue weighted by molar-refractivity contribution is 1.18. The fraction of sp³-hybridized carbons (Fsp3) is 0. The fourth-order valence-corrected chi connectivity index (χ4v) is 11.5. The first-order valence-corrected chi connectivity index (χ1v) is 26.6. The molecule has 0 saturated carbocycles. The van der Waals surface area contributed by atoms with Gasteiger partial charge in [-0.1, -0.05) is 261 Å². The van der Waals surface area contributed by atoms with Crippen LogP contribution in [0.3, 0.4) is 0 Å². The zero-order valence-electron chi connectivity index (χ0n) is 42.4. The molecule has 0 aliphatic rings. The molecule has 14 aromatic rings. The van der Waals surface area contributed by atoms with Crippen molar-refractivity contribution in [3.63, 3.8) is 0 Å². The van der Waals surface area contributed by atoms with Gasteiger partial charge in [0.25, 0.3) is 0 Å². The van der Waals surface area contributed by atoms with Crippen LogP contribution in [0, 0.1) is 0 Å². The van der Waals surface area contributed by atoms with Gasteiger partial charge in [-0.2, -0.15) is 0 Å². The largest absolute Gasteiger partial charge is 0.309 e. The van der Waals surface area contributed by atoms with Gasteiger partial charge in [0, 0.05) is 16.5 Å². The third-order valence-corrected chi connectivity index (χ3v) is 15.5. The van der Waals surface area contributed by atoms with Crippen molar-refractivity contribution in [3.8, 4) is 106 Å². The Labute approximate surface area is 449 Å². The van der Waals surface area contributed by atoms with Gasteiger partial charge in [0.15, 0.2) is 0 Å². The third-order valence-electron chi connectivity index (χ3n) is 15.5. The van der Waals surface area contributed by atoms with E-state index in [1.807, 2.05) is 0 Å². The van der Waals surface area contributed by atoms with Gasteiger partial charge in [-0.15, -0.1) is 0 Å². The number of aromatic nitrogens is 1. The maximum Gasteiger partial charge on any atom is 0.0541 e. The summed E-state index contributed by atoms with van der Waals surface area (Å²) in [5, 5.41) is 4.91. The minimum absolute atomic E-state index is 1.12. The van der Waals surface area contributed by atoms with Crippen LogP contribution in [-0.4, -0.2) is 4.57 Å². The molecule has 0 aliphatic heterocycles. The summed E-state index contributed by atoms with van der Waals surface area (Å²) in [5.41, 5.74) is 25.0. The van der Waals surface area contributed by atoms with Gasteiger partial charge in [0.05, 0.1) is 11.0 Å². The maximum absolute atomic E-state index is 2.45. The smallest absolute Gasteiger partial charge is 0.0541 e. The molecule has 1 nitrogen and oxygen atoms in total. The molecule has 0 amide bonds. The molecule has 13 aromatic carbocycles. The molecule has 0 atom stereocenters. The Morgan fingerprint density at radius 2 is 0.506 bits per heavy atom. The Bertz CT molecular complexity index is 4190. The highest BCUT2D eigenvalue weighted by molar-refractivity contribution is 6.12. The predicted molar refractivity (Wildman–Crippen MR) is 327 cm³/mol. The molecule has 0 aliphatic carbocycles. The summed E-state index contributed by atoms with van der Waals surface area (Å²) in [4.78, 5) is 0. The van der Waals surface area contributed by atoms with Crippen LogP contribution in [0.4, 0.5) is 0 Å². The zero-order valence-corrected chi connectivity index (χ0v) is 42.4. The molecular weight excluding hydrogens is 927 g/mol. The van der Waals surface area contributed by atoms with Gasteiger partial charge >= 0.3 is 0 Å². The summed E-state index contributed by atoms with van der Waals surface area (Å²) in [6.07, 6.45) is 0. The average molecular weight is 978 g/mol. The number of benzene rings is 13. The predicted octanol–water partition coefficient (Wildman–Crippen LogP) is 20.9. The summed E-state index contributed by atoms with van der Waals surface area (Å²) in [5.74, 6) is 0. The van der Waals surface area contributed by atoms with Gasteiger partial charge in [-0.3, -0.25) is 0 Å². The van der Waals surface area contributed by atoms with Crippen molar-refractivity contribution < 1.29 is 0 Å². The van der Waals surface area contributed by atoms with E-state index in [4.69, 9.17) is 0 Å². The van der Waals surface area contributed by atoms with Crippen LogP contribution in [0.1, 0.15) is 0 Å². The van der Waals surface area contributed by atoms with Gasteiger partial charge < -0.3 is 4.57 Å². The van der Waals surface area contributed by atoms with E-state index < -0.39 is 0 Å². The van der Waals surface area contributed by atoms with E-state index in [0.717, 1.165) is 16.7 Å². The third kappa shape index (κ3) is 8.60. The molecule has 0 N–H and O–H groups in total. The molecule has 77 heavy (non-hydrogen) atoms. The topological polar surface area (TPSA) is 4.93 Å². The molecule has 0 fully saturated rings. The number of hydrogen-bond acceptors (Lipinski definition) is 0. The highest BCUT2D eigenvalue weighted by atomic mass is 15.0. The van der Waals surface area contributed by atoms with Crippen molar-refractivity contribution in [2.24, 2.45) is 0 Å². The van der Waals surface area contributed by atoms with E-state index in [1.165, 1.54) is 122 Å². The Kier molecular flexibility index (Phi) is 11.6. The molecule has 1 heterocycles. The van der Waals surface area contributed by atoms with Crippen LogP contribution < -0.4 is 0 Å². The second kappa shape index (κ2) is 19.6. The first-order valence-electron chi connectivity index (χ1n) is 26.6. The van der Waals surface area contributed by atoms with Gasteiger partial charge in [-0.05, 0) is 159 Å². The molecule has 0 unspecified atom stereocenters. The summed E-state index contributed by atoms with van der Waals surface area (Å²) < 4.78 is 2.45. The van der Waals surface area contributed by atoms with Crippen LogP contribution in [0.25, 0.3) is 138 Å². The van der Waals surface area contributed by atoms with Crippen LogP contribution in [0.15, 0.2) is 309 Å². The first-order chi connectivity index (χ1) is 38.2. The summed E-state index contributed by atoms with van der Waals surface area (Å²) in [6, 6.07) is 113. The highest BCUT2D eigenvalue weighted by Crippen LogP contribution is 2.43. The van der Waals surface area contributed by atoms with Crippen LogP contribution >= 0.6 is 0 Å². The van der Waals surface area contributed by atoms with E-state index in [2.05, 4.69) is 314 Å². The molecule has 360 valence electrons. The van der Waals surface area contributed by atoms with Crippen molar-refractivity contribution in [1.29, 1.82) is 0 Å². The molecule has 1 aromatic heterocycles. The van der Waals surface area contributed by atoms with Crippen molar-refractivity contribution in [3.05, 3.63) is 309 Å². The lowest BCUT2D eigenvalue weighted by Crippen LogP contribution is -1.94. The Balaban J connectivity index is 0.923. The number of nitrogens with zero attached hydrogens (tertiary/aromatic N) is 1. The SMILES string of the molecule is c1ccc(-c2ccc(-c3ccc(-c4ccc5c(c4)c4cc(-c6ccc(-c7ccc(-c8ccccc8)cc7)cc6-c6ccccc6)ccc4n5-c4ccc(-c5cccc6ccccc56)cc4)c(-c4ccccc4)c3)cc2)cc1. The minimum Gasteiger partial charge on any atom is -0.309 e. The van der Waals surface area contributed by atoms with Crippen molar-refractivity contribution in [1.82, 2.24) is 4.57 Å². The summed E-state index contributed by atoms with van der Waals surface area (Å²) >= 11 is 0. The number of rotatable bonds is 10. The molecule has 0 saturated heterocycles. The van der Waals surface area contributed by atoms with E-state index in [-0.39, 0.29) is 0 Å². The van der Waals surface area contributed by atoms with E-state index in [0.29, 0.717) is 0 Å². The minimum atomic E-state index is 1.12. The highest BCUT2D eigenvalue weighted by Gasteiger charge is 2.19. The summed E-state index contributed by atoms with van der Waals surface area (Å²) in [7, 11) is 0. The second-order valence-corrected chi connectivity index (χ2v) is 20.0. The standard InChI is InChI=1S/C76H51N/c1-5-16-52(17-6-1)54-28-32-56(33-29-54)62-38-44-69(71(48-62)59-20-9-3-10-21-59)64-40-46-75-73(50-64)74-51-65(41-47-76(74)77(75)66-42-36-61(37-43-66)68-27-15-25-58-24-13-14-26-67(58)68)70-45-39-63(49-72(70)60-22-11-4-12-23-60)57-34-30-55(31-35-57)53-18-7-2-8-19-53/h1-51H. The molecule has 0 spiro atoms. The molecule has 0 bridgehead atoms. The van der Waals surface area contributed by atoms with Crippen LogP contribution in [-0.2, 0) is 0 Å². The van der Waals surface area contributed by atoms with Crippen molar-refractivity contribution in [2.45, 2.75) is 0 Å². The van der Waals surface area contributed by atoms with Crippen LogP contribution in [0.2, 0.25) is 0 Å².